The highest BCUT2D eigenvalue weighted by Gasteiger charge is 2.27. The molecular weight excluding hydrogens is 266 g/mol. The second kappa shape index (κ2) is 6.63. The van der Waals surface area contributed by atoms with E-state index >= 15 is 0 Å². The monoisotopic (exact) mass is 278 g/mol. The molecule has 4 nitrogen and oxygen atoms in total. The van der Waals surface area contributed by atoms with Crippen LogP contribution in [0, 0.1) is 0 Å². The fraction of sp³-hybridized carbons (Fsp3) is 0.364. The Balaban J connectivity index is 2.37. The minimum atomic E-state index is -3.23. The van der Waals surface area contributed by atoms with E-state index in [-0.39, 0.29) is 6.54 Å². The van der Waals surface area contributed by atoms with Gasteiger partial charge in [0.05, 0.1) is 23.8 Å². The van der Waals surface area contributed by atoms with Crippen molar-refractivity contribution < 1.29 is 18.7 Å². The van der Waals surface area contributed by atoms with Crippen molar-refractivity contribution >= 4 is 23.2 Å². The molecule has 1 aromatic rings. The minimum absolute atomic E-state index is 0.291. The third kappa shape index (κ3) is 4.95. The summed E-state index contributed by atoms with van der Waals surface area (Å²) >= 11 is 5.81. The Bertz CT molecular complexity index is 416. The van der Waals surface area contributed by atoms with Crippen molar-refractivity contribution in [2.75, 3.05) is 25.0 Å². The van der Waals surface area contributed by atoms with E-state index in [1.807, 2.05) is 0 Å². The molecule has 0 spiro atoms. The molecule has 3 N–H and O–H groups in total. The molecule has 0 bridgehead atoms. The lowest BCUT2D eigenvalue weighted by Crippen LogP contribution is -2.39. The fourth-order valence-electron chi connectivity index (χ4n) is 1.17. The number of rotatable bonds is 6. The van der Waals surface area contributed by atoms with Crippen LogP contribution in [0.2, 0.25) is 5.02 Å². The number of hydrogen-bond acceptors (Lipinski definition) is 3. The maximum absolute atomic E-state index is 12.6. The van der Waals surface area contributed by atoms with Crippen molar-refractivity contribution in [3.63, 3.8) is 0 Å². The summed E-state index contributed by atoms with van der Waals surface area (Å²) in [6.07, 6.45) is 0. The van der Waals surface area contributed by atoms with Crippen LogP contribution in [-0.4, -0.2) is 36.6 Å². The van der Waals surface area contributed by atoms with Gasteiger partial charge < -0.3 is 15.7 Å². The Kier molecular flexibility index (Phi) is 5.46. The number of carbonyl (C=O) groups is 1. The van der Waals surface area contributed by atoms with Gasteiger partial charge in [0.25, 0.3) is 5.92 Å². The largest absolute Gasteiger partial charge is 0.390 e. The highest BCUT2D eigenvalue weighted by atomic mass is 35.5. The van der Waals surface area contributed by atoms with Gasteiger partial charge in [-0.25, -0.2) is 8.78 Å². The number of para-hydroxylation sites is 1. The van der Waals surface area contributed by atoms with Crippen LogP contribution in [0.3, 0.4) is 0 Å². The van der Waals surface area contributed by atoms with Crippen LogP contribution in [0.25, 0.3) is 0 Å². The molecule has 0 fully saturated rings. The standard InChI is InChI=1S/C11H13ClF2N2O2/c12-8-3-1-2-4-9(8)16-10(18)5-15-6-11(13,14)7-17/h1-4,15,17H,5-7H2,(H,16,18). The van der Waals surface area contributed by atoms with E-state index < -0.39 is 25.0 Å². The second-order valence-corrected chi connectivity index (χ2v) is 4.05. The topological polar surface area (TPSA) is 61.4 Å². The lowest BCUT2D eigenvalue weighted by atomic mass is 10.3. The zero-order valence-electron chi connectivity index (χ0n) is 9.42. The van der Waals surface area contributed by atoms with Crippen LogP contribution in [0.15, 0.2) is 24.3 Å². The smallest absolute Gasteiger partial charge is 0.282 e. The lowest BCUT2D eigenvalue weighted by molar-refractivity contribution is -0.115. The van der Waals surface area contributed by atoms with Crippen LogP contribution in [0.1, 0.15) is 0 Å². The first-order chi connectivity index (χ1) is 8.44. The molecule has 1 rings (SSSR count). The third-order valence-corrected chi connectivity index (χ3v) is 2.38. The molecule has 7 heteroatoms. The number of hydrogen-bond donors (Lipinski definition) is 3. The maximum Gasteiger partial charge on any atom is 0.282 e. The molecule has 0 radical (unpaired) electrons. The summed E-state index contributed by atoms with van der Waals surface area (Å²) in [4.78, 5) is 11.4. The normalized spacial score (nSPS) is 11.3. The van der Waals surface area contributed by atoms with Crippen molar-refractivity contribution in [1.82, 2.24) is 5.32 Å². The van der Waals surface area contributed by atoms with Crippen LogP contribution in [-0.2, 0) is 4.79 Å². The Morgan fingerprint density at radius 2 is 2.06 bits per heavy atom. The molecule has 0 unspecified atom stereocenters. The van der Waals surface area contributed by atoms with Crippen molar-refractivity contribution in [2.24, 2.45) is 0 Å². The van der Waals surface area contributed by atoms with E-state index in [0.29, 0.717) is 10.7 Å². The Hall–Kier alpha value is -1.24. The highest BCUT2D eigenvalue weighted by Crippen LogP contribution is 2.20. The van der Waals surface area contributed by atoms with E-state index in [4.69, 9.17) is 16.7 Å². The predicted molar refractivity (Wildman–Crippen MR) is 65.0 cm³/mol. The van der Waals surface area contributed by atoms with Crippen molar-refractivity contribution in [2.45, 2.75) is 5.92 Å². The van der Waals surface area contributed by atoms with E-state index in [9.17, 15) is 13.6 Å². The molecular formula is C11H13ClF2N2O2. The zero-order valence-corrected chi connectivity index (χ0v) is 10.2. The molecule has 1 amide bonds. The van der Waals surface area contributed by atoms with Gasteiger partial charge in [0.15, 0.2) is 0 Å². The SMILES string of the molecule is O=C(CNCC(F)(F)CO)Nc1ccccc1Cl. The third-order valence-electron chi connectivity index (χ3n) is 2.05. The number of benzene rings is 1. The Labute approximate surface area is 108 Å². The van der Waals surface area contributed by atoms with Gasteiger partial charge >= 0.3 is 0 Å². The van der Waals surface area contributed by atoms with E-state index in [2.05, 4.69) is 10.6 Å². The Morgan fingerprint density at radius 1 is 1.39 bits per heavy atom. The summed E-state index contributed by atoms with van der Waals surface area (Å²) in [6.45, 7) is -2.31. The van der Waals surface area contributed by atoms with Gasteiger partial charge in [-0.2, -0.15) is 0 Å². The van der Waals surface area contributed by atoms with Crippen LogP contribution < -0.4 is 10.6 Å². The van der Waals surface area contributed by atoms with Gasteiger partial charge in [-0.05, 0) is 12.1 Å². The number of alkyl halides is 2. The van der Waals surface area contributed by atoms with Crippen LogP contribution >= 0.6 is 11.6 Å². The quantitative estimate of drug-likeness (QED) is 0.739. The van der Waals surface area contributed by atoms with Crippen LogP contribution in [0.4, 0.5) is 14.5 Å². The number of carbonyl (C=O) groups excluding carboxylic acids is 1. The van der Waals surface area contributed by atoms with Gasteiger partial charge in [-0.1, -0.05) is 23.7 Å². The van der Waals surface area contributed by atoms with Gasteiger partial charge in [0, 0.05) is 0 Å². The number of amides is 1. The van der Waals surface area contributed by atoms with E-state index in [1.54, 1.807) is 24.3 Å². The van der Waals surface area contributed by atoms with Crippen LogP contribution in [0.5, 0.6) is 0 Å². The summed E-state index contributed by atoms with van der Waals surface area (Å²) < 4.78 is 25.3. The summed E-state index contributed by atoms with van der Waals surface area (Å²) in [5, 5.41) is 13.4. The first-order valence-electron chi connectivity index (χ1n) is 5.18. The highest BCUT2D eigenvalue weighted by molar-refractivity contribution is 6.33. The van der Waals surface area contributed by atoms with Gasteiger partial charge in [-0.15, -0.1) is 0 Å². The summed E-state index contributed by atoms with van der Waals surface area (Å²) in [5.74, 6) is -3.72. The van der Waals surface area contributed by atoms with Crippen molar-refractivity contribution in [3.05, 3.63) is 29.3 Å². The number of nitrogens with one attached hydrogen (secondary N) is 2. The predicted octanol–water partition coefficient (Wildman–Crippen LogP) is 1.50. The van der Waals surface area contributed by atoms with Gasteiger partial charge in [0.2, 0.25) is 5.91 Å². The molecule has 0 aliphatic rings. The molecule has 0 aromatic heterocycles. The number of aliphatic hydroxyl groups is 1. The summed E-state index contributed by atoms with van der Waals surface area (Å²) in [7, 11) is 0. The average molecular weight is 279 g/mol. The molecule has 0 heterocycles. The number of aliphatic hydroxyl groups excluding tert-OH is 1. The van der Waals surface area contributed by atoms with E-state index in [0.717, 1.165) is 0 Å². The molecule has 0 saturated carbocycles. The first-order valence-corrected chi connectivity index (χ1v) is 5.56. The summed E-state index contributed by atoms with van der Waals surface area (Å²) in [6, 6.07) is 6.60. The molecule has 0 aliphatic carbocycles. The van der Waals surface area contributed by atoms with Gasteiger partial charge in [0.1, 0.15) is 6.61 Å². The first kappa shape index (κ1) is 14.8. The number of anilines is 1. The molecule has 0 saturated heterocycles. The van der Waals surface area contributed by atoms with Crippen molar-refractivity contribution in [3.8, 4) is 0 Å². The van der Waals surface area contributed by atoms with Gasteiger partial charge in [-0.3, -0.25) is 4.79 Å². The molecule has 18 heavy (non-hydrogen) atoms. The molecule has 0 atom stereocenters. The minimum Gasteiger partial charge on any atom is -0.390 e. The Morgan fingerprint density at radius 3 is 2.67 bits per heavy atom. The maximum atomic E-state index is 12.6. The average Bonchev–Trinajstić information content (AvgIpc) is 2.32. The fourth-order valence-corrected chi connectivity index (χ4v) is 1.35. The zero-order chi connectivity index (χ0) is 13.6. The summed E-state index contributed by atoms with van der Waals surface area (Å²) in [5.41, 5.74) is 0.417. The van der Waals surface area contributed by atoms with E-state index in [1.165, 1.54) is 0 Å². The number of halogens is 3. The molecule has 100 valence electrons. The molecule has 1 aromatic carbocycles. The lowest BCUT2D eigenvalue weighted by Gasteiger charge is -2.14. The molecule has 0 aliphatic heterocycles. The second-order valence-electron chi connectivity index (χ2n) is 3.65. The van der Waals surface area contributed by atoms with Crippen molar-refractivity contribution in [1.29, 1.82) is 0 Å².